The van der Waals surface area contributed by atoms with Gasteiger partial charge in [-0.2, -0.15) is 0 Å². The molecule has 6 heteroatoms. The molecule has 0 aliphatic rings. The van der Waals surface area contributed by atoms with Crippen LogP contribution >= 0.6 is 0 Å². The molecule has 20 heavy (non-hydrogen) atoms. The summed E-state index contributed by atoms with van der Waals surface area (Å²) in [7, 11) is -3.57. The normalized spacial score (nSPS) is 10.8. The SMILES string of the molecule is NCC#Cc1cccc(S(=O)(=O)NCc2ccoc2)c1. The summed E-state index contributed by atoms with van der Waals surface area (Å²) in [5, 5.41) is 0. The molecule has 0 saturated heterocycles. The molecule has 104 valence electrons. The van der Waals surface area contributed by atoms with Crippen LogP contribution in [0.4, 0.5) is 0 Å². The van der Waals surface area contributed by atoms with Crippen molar-refractivity contribution < 1.29 is 12.8 Å². The lowest BCUT2D eigenvalue weighted by Crippen LogP contribution is -2.23. The summed E-state index contributed by atoms with van der Waals surface area (Å²) >= 11 is 0. The van der Waals surface area contributed by atoms with Crippen LogP contribution in [0.15, 0.2) is 52.2 Å². The van der Waals surface area contributed by atoms with Gasteiger partial charge in [0.1, 0.15) is 0 Å². The minimum atomic E-state index is -3.57. The van der Waals surface area contributed by atoms with Gasteiger partial charge in [-0.1, -0.05) is 17.9 Å². The fourth-order valence-electron chi connectivity index (χ4n) is 1.55. The molecule has 5 nitrogen and oxygen atoms in total. The first kappa shape index (κ1) is 14.3. The maximum absolute atomic E-state index is 12.1. The zero-order valence-electron chi connectivity index (χ0n) is 10.7. The molecule has 1 aromatic heterocycles. The predicted molar refractivity (Wildman–Crippen MR) is 75.1 cm³/mol. The number of hydrogen-bond donors (Lipinski definition) is 2. The molecule has 0 unspecified atom stereocenters. The van der Waals surface area contributed by atoms with Crippen LogP contribution in [-0.2, 0) is 16.6 Å². The quantitative estimate of drug-likeness (QED) is 0.825. The van der Waals surface area contributed by atoms with Crippen molar-refractivity contribution in [2.75, 3.05) is 6.54 Å². The summed E-state index contributed by atoms with van der Waals surface area (Å²) < 4.78 is 31.7. The Balaban J connectivity index is 2.16. The van der Waals surface area contributed by atoms with Gasteiger partial charge >= 0.3 is 0 Å². The van der Waals surface area contributed by atoms with E-state index in [0.29, 0.717) is 5.56 Å². The Labute approximate surface area is 117 Å². The van der Waals surface area contributed by atoms with Crippen LogP contribution in [0.3, 0.4) is 0 Å². The van der Waals surface area contributed by atoms with Crippen molar-refractivity contribution in [2.24, 2.45) is 5.73 Å². The molecule has 1 heterocycles. The van der Waals surface area contributed by atoms with Crippen molar-refractivity contribution >= 4 is 10.0 Å². The lowest BCUT2D eigenvalue weighted by Gasteiger charge is -2.05. The third kappa shape index (κ3) is 3.71. The second-order valence-corrected chi connectivity index (χ2v) is 5.76. The van der Waals surface area contributed by atoms with Crippen LogP contribution < -0.4 is 10.5 Å². The second-order valence-electron chi connectivity index (χ2n) is 3.99. The third-order valence-corrected chi connectivity index (χ3v) is 3.92. The fourth-order valence-corrected chi connectivity index (χ4v) is 2.61. The molecule has 2 aromatic rings. The Hall–Kier alpha value is -2.07. The van der Waals surface area contributed by atoms with Crippen LogP contribution in [0.1, 0.15) is 11.1 Å². The van der Waals surface area contributed by atoms with E-state index in [4.69, 9.17) is 10.2 Å². The summed E-state index contributed by atoms with van der Waals surface area (Å²) in [4.78, 5) is 0.171. The Morgan fingerprint density at radius 3 is 2.85 bits per heavy atom. The van der Waals surface area contributed by atoms with Crippen molar-refractivity contribution in [3.63, 3.8) is 0 Å². The highest BCUT2D eigenvalue weighted by Crippen LogP contribution is 2.11. The van der Waals surface area contributed by atoms with E-state index in [2.05, 4.69) is 16.6 Å². The first-order valence-corrected chi connectivity index (χ1v) is 7.40. The molecule has 0 spiro atoms. The standard InChI is InChI=1S/C14H14N2O3S/c15-7-2-4-12-3-1-5-14(9-12)20(17,18)16-10-13-6-8-19-11-13/h1,3,5-6,8-9,11,16H,7,10,15H2. The summed E-state index contributed by atoms with van der Waals surface area (Å²) in [5.41, 5.74) is 6.66. The van der Waals surface area contributed by atoms with E-state index in [0.717, 1.165) is 5.56 Å². The Bertz CT molecular complexity index is 725. The van der Waals surface area contributed by atoms with E-state index < -0.39 is 10.0 Å². The van der Waals surface area contributed by atoms with Gasteiger partial charge in [0.05, 0.1) is 24.0 Å². The van der Waals surface area contributed by atoms with Crippen LogP contribution in [0.5, 0.6) is 0 Å². The van der Waals surface area contributed by atoms with Crippen molar-refractivity contribution in [3.8, 4) is 11.8 Å². The molecule has 0 saturated carbocycles. The Morgan fingerprint density at radius 1 is 1.30 bits per heavy atom. The topological polar surface area (TPSA) is 85.3 Å². The largest absolute Gasteiger partial charge is 0.472 e. The van der Waals surface area contributed by atoms with Crippen molar-refractivity contribution in [2.45, 2.75) is 11.4 Å². The molecule has 0 aliphatic heterocycles. The fraction of sp³-hybridized carbons (Fsp3) is 0.143. The number of hydrogen-bond acceptors (Lipinski definition) is 4. The van der Waals surface area contributed by atoms with Crippen LogP contribution in [0.25, 0.3) is 0 Å². The summed E-state index contributed by atoms with van der Waals surface area (Å²) in [6.45, 7) is 0.410. The average Bonchev–Trinajstić information content (AvgIpc) is 2.97. The van der Waals surface area contributed by atoms with Gasteiger partial charge in [0.15, 0.2) is 0 Å². The van der Waals surface area contributed by atoms with Crippen LogP contribution in [0, 0.1) is 11.8 Å². The highest BCUT2D eigenvalue weighted by molar-refractivity contribution is 7.89. The molecule has 0 amide bonds. The van der Waals surface area contributed by atoms with Gasteiger partial charge in [0.2, 0.25) is 10.0 Å². The average molecular weight is 290 g/mol. The lowest BCUT2D eigenvalue weighted by molar-refractivity contribution is 0.561. The minimum absolute atomic E-state index is 0.171. The maximum atomic E-state index is 12.1. The van der Waals surface area contributed by atoms with E-state index in [-0.39, 0.29) is 18.0 Å². The Morgan fingerprint density at radius 2 is 2.15 bits per heavy atom. The highest BCUT2D eigenvalue weighted by Gasteiger charge is 2.13. The van der Waals surface area contributed by atoms with Gasteiger partial charge in [-0.15, -0.1) is 0 Å². The number of benzene rings is 1. The van der Waals surface area contributed by atoms with Gasteiger partial charge in [0.25, 0.3) is 0 Å². The van der Waals surface area contributed by atoms with Crippen molar-refractivity contribution in [3.05, 3.63) is 54.0 Å². The van der Waals surface area contributed by atoms with Gasteiger partial charge in [-0.3, -0.25) is 0 Å². The van der Waals surface area contributed by atoms with Gasteiger partial charge in [-0.05, 0) is 24.3 Å². The van der Waals surface area contributed by atoms with E-state index in [9.17, 15) is 8.42 Å². The van der Waals surface area contributed by atoms with Gasteiger partial charge in [-0.25, -0.2) is 13.1 Å². The second kappa shape index (κ2) is 6.39. The maximum Gasteiger partial charge on any atom is 0.240 e. The predicted octanol–water partition coefficient (Wildman–Crippen LogP) is 1.07. The van der Waals surface area contributed by atoms with Crippen LogP contribution in [-0.4, -0.2) is 15.0 Å². The molecule has 2 rings (SSSR count). The lowest BCUT2D eigenvalue weighted by atomic mass is 10.2. The number of furan rings is 1. The van der Waals surface area contributed by atoms with Gasteiger partial charge < -0.3 is 10.2 Å². The van der Waals surface area contributed by atoms with E-state index in [1.807, 2.05) is 0 Å². The third-order valence-electron chi connectivity index (χ3n) is 2.53. The van der Waals surface area contributed by atoms with Crippen molar-refractivity contribution in [1.29, 1.82) is 0 Å². The van der Waals surface area contributed by atoms with E-state index >= 15 is 0 Å². The first-order chi connectivity index (χ1) is 9.62. The number of nitrogens with two attached hydrogens (primary N) is 1. The molecule has 3 N–H and O–H groups in total. The van der Waals surface area contributed by atoms with E-state index in [1.54, 1.807) is 18.2 Å². The Kier molecular flexibility index (Phi) is 4.58. The molecule has 0 aliphatic carbocycles. The highest BCUT2D eigenvalue weighted by atomic mass is 32.2. The molecule has 0 radical (unpaired) electrons. The van der Waals surface area contributed by atoms with Crippen molar-refractivity contribution in [1.82, 2.24) is 4.72 Å². The zero-order valence-corrected chi connectivity index (χ0v) is 11.5. The summed E-state index contributed by atoms with van der Waals surface area (Å²) in [6, 6.07) is 8.11. The number of rotatable bonds is 4. The summed E-state index contributed by atoms with van der Waals surface area (Å²) in [5.74, 6) is 5.49. The number of nitrogens with one attached hydrogen (secondary N) is 1. The molecular weight excluding hydrogens is 276 g/mol. The molecular formula is C14H14N2O3S. The zero-order chi connectivity index (χ0) is 14.4. The van der Waals surface area contributed by atoms with E-state index in [1.165, 1.54) is 24.7 Å². The molecule has 0 bridgehead atoms. The minimum Gasteiger partial charge on any atom is -0.472 e. The summed E-state index contributed by atoms with van der Waals surface area (Å²) in [6.07, 6.45) is 2.98. The van der Waals surface area contributed by atoms with Crippen LogP contribution in [0.2, 0.25) is 0 Å². The molecule has 0 fully saturated rings. The smallest absolute Gasteiger partial charge is 0.240 e. The monoisotopic (exact) mass is 290 g/mol. The van der Waals surface area contributed by atoms with Gasteiger partial charge in [0, 0.05) is 17.7 Å². The number of sulfonamides is 1. The molecule has 0 atom stereocenters. The first-order valence-electron chi connectivity index (χ1n) is 5.91. The molecule has 1 aromatic carbocycles.